The summed E-state index contributed by atoms with van der Waals surface area (Å²) in [5.74, 6) is 0.317. The fourth-order valence-corrected chi connectivity index (χ4v) is 4.78. The molecule has 0 aromatic carbocycles. The molecule has 0 radical (unpaired) electrons. The highest BCUT2D eigenvalue weighted by Gasteiger charge is 2.48. The molecule has 2 unspecified atom stereocenters. The molecule has 4 rings (SSSR count). The summed E-state index contributed by atoms with van der Waals surface area (Å²) in [6.45, 7) is 6.99. The summed E-state index contributed by atoms with van der Waals surface area (Å²) in [6.07, 6.45) is 4.81. The number of carbonyl (C=O) groups is 2. The number of hydrogen-bond donors (Lipinski definition) is 2. The first-order chi connectivity index (χ1) is 13.9. The zero-order valence-electron chi connectivity index (χ0n) is 16.9. The van der Waals surface area contributed by atoms with Gasteiger partial charge in [-0.3, -0.25) is 9.59 Å². The number of aryl methyl sites for hydroxylation is 1. The zero-order valence-corrected chi connectivity index (χ0v) is 17.8. The molecule has 3 aromatic rings. The third-order valence-corrected chi connectivity index (χ3v) is 7.21. The molecule has 3 aromatic heterocycles. The van der Waals surface area contributed by atoms with Crippen molar-refractivity contribution in [3.8, 4) is 0 Å². The van der Waals surface area contributed by atoms with Gasteiger partial charge in [0.2, 0.25) is 5.91 Å². The number of fused-ring (bicyclic) bond motifs is 1. The molecule has 1 fully saturated rings. The van der Waals surface area contributed by atoms with E-state index in [1.165, 1.54) is 4.88 Å². The Bertz CT molecular complexity index is 1050. The molecule has 3 heterocycles. The van der Waals surface area contributed by atoms with Crippen LogP contribution in [0.2, 0.25) is 0 Å². The summed E-state index contributed by atoms with van der Waals surface area (Å²) in [7, 11) is 0. The number of pyridine rings is 1. The first-order valence-electron chi connectivity index (χ1n) is 9.89. The van der Waals surface area contributed by atoms with E-state index in [1.807, 2.05) is 42.8 Å². The quantitative estimate of drug-likeness (QED) is 0.655. The molecule has 1 aliphatic carbocycles. The van der Waals surface area contributed by atoms with Crippen molar-refractivity contribution in [3.05, 3.63) is 58.0 Å². The Kier molecular flexibility index (Phi) is 5.17. The standard InChI is InChI=1S/C22H26N4O2S/c1-14-15(7-10-29-14)11-20(27)23-13-16-12-19(22(16,2)3)25-21(28)17-5-4-9-26-18(17)6-8-24-26/h4-10,16,19H,11-13H2,1-3H3,(H,23,27)(H,25,28). The van der Waals surface area contributed by atoms with Crippen LogP contribution in [0.1, 0.15) is 41.1 Å². The van der Waals surface area contributed by atoms with E-state index in [0.717, 1.165) is 17.5 Å². The Morgan fingerprint density at radius 1 is 1.31 bits per heavy atom. The van der Waals surface area contributed by atoms with Gasteiger partial charge in [0.1, 0.15) is 0 Å². The number of nitrogens with one attached hydrogen (secondary N) is 2. The van der Waals surface area contributed by atoms with Gasteiger partial charge in [0, 0.05) is 23.7 Å². The molecule has 2 N–H and O–H groups in total. The molecule has 0 spiro atoms. The SMILES string of the molecule is Cc1sccc1CC(=O)NCC1CC(NC(=O)c2cccn3nccc23)C1(C)C. The maximum atomic E-state index is 12.8. The smallest absolute Gasteiger partial charge is 0.253 e. The van der Waals surface area contributed by atoms with Crippen LogP contribution >= 0.6 is 11.3 Å². The van der Waals surface area contributed by atoms with Gasteiger partial charge in [-0.1, -0.05) is 13.8 Å². The van der Waals surface area contributed by atoms with Crippen LogP contribution in [-0.2, 0) is 11.2 Å². The van der Waals surface area contributed by atoms with Crippen molar-refractivity contribution in [2.75, 3.05) is 6.54 Å². The topological polar surface area (TPSA) is 75.5 Å². The van der Waals surface area contributed by atoms with Crippen molar-refractivity contribution >= 4 is 28.7 Å². The van der Waals surface area contributed by atoms with Gasteiger partial charge in [0.15, 0.2) is 0 Å². The largest absolute Gasteiger partial charge is 0.356 e. The molecule has 0 saturated heterocycles. The number of aromatic nitrogens is 2. The molecule has 2 atom stereocenters. The molecule has 6 nitrogen and oxygen atoms in total. The molecule has 1 saturated carbocycles. The van der Waals surface area contributed by atoms with E-state index in [4.69, 9.17) is 0 Å². The fourth-order valence-electron chi connectivity index (χ4n) is 4.05. The lowest BCUT2D eigenvalue weighted by atomic mass is 9.58. The molecular weight excluding hydrogens is 384 g/mol. The second kappa shape index (κ2) is 7.63. The summed E-state index contributed by atoms with van der Waals surface area (Å²) in [4.78, 5) is 26.3. The highest BCUT2D eigenvalue weighted by molar-refractivity contribution is 7.10. The van der Waals surface area contributed by atoms with E-state index in [-0.39, 0.29) is 23.3 Å². The predicted molar refractivity (Wildman–Crippen MR) is 114 cm³/mol. The van der Waals surface area contributed by atoms with Crippen LogP contribution in [0, 0.1) is 18.3 Å². The van der Waals surface area contributed by atoms with Crippen molar-refractivity contribution < 1.29 is 9.59 Å². The number of thiophene rings is 1. The van der Waals surface area contributed by atoms with E-state index >= 15 is 0 Å². The number of amides is 2. The summed E-state index contributed by atoms with van der Waals surface area (Å²) in [6, 6.07) is 7.59. The maximum Gasteiger partial charge on any atom is 0.253 e. The molecule has 1 aliphatic rings. The first-order valence-corrected chi connectivity index (χ1v) is 10.8. The van der Waals surface area contributed by atoms with Gasteiger partial charge in [-0.25, -0.2) is 4.52 Å². The van der Waals surface area contributed by atoms with E-state index in [9.17, 15) is 9.59 Å². The maximum absolute atomic E-state index is 12.8. The molecule has 2 amide bonds. The second-order valence-corrected chi connectivity index (χ2v) is 9.47. The molecule has 7 heteroatoms. The molecule has 0 aliphatic heterocycles. The third-order valence-electron chi connectivity index (χ3n) is 6.32. The van der Waals surface area contributed by atoms with Crippen molar-refractivity contribution in [2.45, 2.75) is 39.7 Å². The van der Waals surface area contributed by atoms with Gasteiger partial charge in [-0.2, -0.15) is 5.10 Å². The summed E-state index contributed by atoms with van der Waals surface area (Å²) in [5, 5.41) is 12.5. The van der Waals surface area contributed by atoms with Crippen LogP contribution in [0.4, 0.5) is 0 Å². The first kappa shape index (κ1) is 19.6. The Morgan fingerprint density at radius 3 is 2.86 bits per heavy atom. The minimum Gasteiger partial charge on any atom is -0.356 e. The van der Waals surface area contributed by atoms with E-state index in [2.05, 4.69) is 29.6 Å². The van der Waals surface area contributed by atoms with Gasteiger partial charge in [-0.15, -0.1) is 11.3 Å². The summed E-state index contributed by atoms with van der Waals surface area (Å²) in [5.41, 5.74) is 2.45. The normalized spacial score (nSPS) is 20.2. The Labute approximate surface area is 174 Å². The van der Waals surface area contributed by atoms with E-state index < -0.39 is 0 Å². The van der Waals surface area contributed by atoms with E-state index in [1.54, 1.807) is 22.0 Å². The van der Waals surface area contributed by atoms with Crippen LogP contribution in [0.25, 0.3) is 5.52 Å². The fraction of sp³-hybridized carbons (Fsp3) is 0.409. The lowest BCUT2D eigenvalue weighted by Gasteiger charge is -2.52. The predicted octanol–water partition coefficient (Wildman–Crippen LogP) is 3.21. The molecular formula is C22H26N4O2S. The summed E-state index contributed by atoms with van der Waals surface area (Å²) < 4.78 is 1.70. The third kappa shape index (κ3) is 3.79. The van der Waals surface area contributed by atoms with Crippen molar-refractivity contribution in [1.29, 1.82) is 0 Å². The minimum atomic E-state index is -0.0791. The number of rotatable bonds is 6. The highest BCUT2D eigenvalue weighted by Crippen LogP contribution is 2.46. The monoisotopic (exact) mass is 410 g/mol. The van der Waals surface area contributed by atoms with Gasteiger partial charge >= 0.3 is 0 Å². The van der Waals surface area contributed by atoms with Crippen molar-refractivity contribution in [2.24, 2.45) is 11.3 Å². The Hall–Kier alpha value is -2.67. The second-order valence-electron chi connectivity index (χ2n) is 8.35. The van der Waals surface area contributed by atoms with Crippen molar-refractivity contribution in [1.82, 2.24) is 20.2 Å². The van der Waals surface area contributed by atoms with Gasteiger partial charge in [-0.05, 0) is 59.9 Å². The van der Waals surface area contributed by atoms with E-state index in [0.29, 0.717) is 24.4 Å². The van der Waals surface area contributed by atoms with Crippen LogP contribution in [0.3, 0.4) is 0 Å². The lowest BCUT2D eigenvalue weighted by Crippen LogP contribution is -2.60. The van der Waals surface area contributed by atoms with Crippen molar-refractivity contribution in [3.63, 3.8) is 0 Å². The molecule has 0 bridgehead atoms. The number of hydrogen-bond acceptors (Lipinski definition) is 4. The van der Waals surface area contributed by atoms with Gasteiger partial charge in [0.05, 0.1) is 23.7 Å². The zero-order chi connectivity index (χ0) is 20.6. The number of nitrogens with zero attached hydrogens (tertiary/aromatic N) is 2. The van der Waals surface area contributed by atoms with Gasteiger partial charge < -0.3 is 10.6 Å². The highest BCUT2D eigenvalue weighted by atomic mass is 32.1. The average molecular weight is 411 g/mol. The van der Waals surface area contributed by atoms with Crippen LogP contribution in [0.15, 0.2) is 42.0 Å². The Balaban J connectivity index is 1.31. The van der Waals surface area contributed by atoms with Crippen LogP contribution in [0.5, 0.6) is 0 Å². The molecule has 152 valence electrons. The van der Waals surface area contributed by atoms with Gasteiger partial charge in [0.25, 0.3) is 5.91 Å². The lowest BCUT2D eigenvalue weighted by molar-refractivity contribution is -0.121. The van der Waals surface area contributed by atoms with Crippen LogP contribution in [-0.4, -0.2) is 34.0 Å². The average Bonchev–Trinajstić information content (AvgIpc) is 3.32. The molecule has 29 heavy (non-hydrogen) atoms. The number of carbonyl (C=O) groups excluding carboxylic acids is 2. The minimum absolute atomic E-state index is 0.0576. The summed E-state index contributed by atoms with van der Waals surface area (Å²) >= 11 is 1.67. The Morgan fingerprint density at radius 2 is 2.14 bits per heavy atom. The van der Waals surface area contributed by atoms with Crippen LogP contribution < -0.4 is 10.6 Å².